The Morgan fingerprint density at radius 2 is 2.06 bits per heavy atom. The maximum atomic E-state index is 12.4. The molecule has 2 aliphatic heterocycles. The van der Waals surface area contributed by atoms with Crippen LogP contribution < -0.4 is 14.5 Å². The van der Waals surface area contributed by atoms with Crippen molar-refractivity contribution in [2.24, 2.45) is 0 Å². The van der Waals surface area contributed by atoms with Gasteiger partial charge >= 0.3 is 0 Å². The molecule has 2 saturated heterocycles. The zero-order valence-electron chi connectivity index (χ0n) is 16.5. The molecule has 10 nitrogen and oxygen atoms in total. The summed E-state index contributed by atoms with van der Waals surface area (Å²) in [7, 11) is -1.59. The summed E-state index contributed by atoms with van der Waals surface area (Å²) in [6, 6.07) is 5.43. The molecule has 0 spiro atoms. The SMILES string of the molecule is C.CN(c1ccc(S(=O)(=O)NC2COC2)cn1)[C@@H]1CCN(c2ncnc3[nH]ccc23)C1. The number of hydrogen-bond acceptors (Lipinski definition) is 8. The van der Waals surface area contributed by atoms with Gasteiger partial charge in [0.2, 0.25) is 10.0 Å². The molecule has 5 heterocycles. The van der Waals surface area contributed by atoms with Crippen molar-refractivity contribution >= 4 is 32.7 Å². The van der Waals surface area contributed by atoms with E-state index in [4.69, 9.17) is 4.74 Å². The Morgan fingerprint density at radius 1 is 1.23 bits per heavy atom. The second-order valence-electron chi connectivity index (χ2n) is 7.64. The van der Waals surface area contributed by atoms with Crippen LogP contribution in [0.15, 0.2) is 41.8 Å². The molecule has 11 heteroatoms. The lowest BCUT2D eigenvalue weighted by Crippen LogP contribution is -2.48. The molecule has 0 radical (unpaired) electrons. The highest BCUT2D eigenvalue weighted by Gasteiger charge is 2.29. The Bertz CT molecular complexity index is 1150. The summed E-state index contributed by atoms with van der Waals surface area (Å²) in [5.41, 5.74) is 0.831. The van der Waals surface area contributed by atoms with Gasteiger partial charge in [-0.1, -0.05) is 7.43 Å². The number of hydrogen-bond donors (Lipinski definition) is 2. The van der Waals surface area contributed by atoms with Crippen LogP contribution in [0.5, 0.6) is 0 Å². The van der Waals surface area contributed by atoms with Gasteiger partial charge in [-0.15, -0.1) is 0 Å². The first-order chi connectivity index (χ1) is 14.5. The summed E-state index contributed by atoms with van der Waals surface area (Å²) in [6.45, 7) is 2.50. The van der Waals surface area contributed by atoms with Crippen LogP contribution in [0.3, 0.4) is 0 Å². The zero-order valence-corrected chi connectivity index (χ0v) is 17.3. The molecular formula is C20H27N7O3S. The van der Waals surface area contributed by atoms with E-state index in [0.717, 1.165) is 42.2 Å². The molecule has 0 saturated carbocycles. The van der Waals surface area contributed by atoms with Gasteiger partial charge in [-0.25, -0.2) is 28.1 Å². The summed E-state index contributed by atoms with van der Waals surface area (Å²) in [5.74, 6) is 1.67. The number of ether oxygens (including phenoxy) is 1. The van der Waals surface area contributed by atoms with E-state index >= 15 is 0 Å². The van der Waals surface area contributed by atoms with Crippen molar-refractivity contribution in [1.29, 1.82) is 0 Å². The van der Waals surface area contributed by atoms with Crippen LogP contribution >= 0.6 is 0 Å². The third kappa shape index (κ3) is 4.08. The molecule has 0 aliphatic carbocycles. The van der Waals surface area contributed by atoms with Gasteiger partial charge in [0, 0.05) is 38.6 Å². The fourth-order valence-electron chi connectivity index (χ4n) is 3.88. The smallest absolute Gasteiger partial charge is 0.242 e. The summed E-state index contributed by atoms with van der Waals surface area (Å²) in [4.78, 5) is 20.8. The van der Waals surface area contributed by atoms with Crippen molar-refractivity contribution in [2.75, 3.05) is 43.2 Å². The Hall–Kier alpha value is -2.76. The van der Waals surface area contributed by atoms with Gasteiger partial charge in [0.25, 0.3) is 0 Å². The zero-order chi connectivity index (χ0) is 20.7. The van der Waals surface area contributed by atoms with Gasteiger partial charge in [-0.3, -0.25) is 0 Å². The van der Waals surface area contributed by atoms with E-state index in [9.17, 15) is 8.42 Å². The summed E-state index contributed by atoms with van der Waals surface area (Å²) in [6.07, 6.45) is 5.82. The van der Waals surface area contributed by atoms with Crippen LogP contribution in [0.1, 0.15) is 13.8 Å². The van der Waals surface area contributed by atoms with Crippen LogP contribution in [0.2, 0.25) is 0 Å². The van der Waals surface area contributed by atoms with E-state index in [1.807, 2.05) is 19.3 Å². The van der Waals surface area contributed by atoms with Crippen LogP contribution in [0.4, 0.5) is 11.6 Å². The molecule has 166 valence electrons. The molecule has 2 aliphatic rings. The molecule has 2 fully saturated rings. The largest absolute Gasteiger partial charge is 0.378 e. The molecule has 5 rings (SSSR count). The molecule has 31 heavy (non-hydrogen) atoms. The minimum atomic E-state index is -3.58. The van der Waals surface area contributed by atoms with Gasteiger partial charge in [0.15, 0.2) is 0 Å². The highest BCUT2D eigenvalue weighted by molar-refractivity contribution is 7.89. The minimum absolute atomic E-state index is 0. The molecule has 0 aromatic carbocycles. The number of anilines is 2. The number of pyridine rings is 1. The van der Waals surface area contributed by atoms with Crippen LogP contribution in [0, 0.1) is 0 Å². The van der Waals surface area contributed by atoms with E-state index in [-0.39, 0.29) is 24.4 Å². The van der Waals surface area contributed by atoms with Crippen molar-refractivity contribution in [3.8, 4) is 0 Å². The lowest BCUT2D eigenvalue weighted by molar-refractivity contribution is 0.00482. The molecule has 0 amide bonds. The predicted octanol–water partition coefficient (Wildman–Crippen LogP) is 1.38. The highest BCUT2D eigenvalue weighted by Crippen LogP contribution is 2.28. The van der Waals surface area contributed by atoms with E-state index in [0.29, 0.717) is 13.2 Å². The van der Waals surface area contributed by atoms with Crippen molar-refractivity contribution in [1.82, 2.24) is 24.7 Å². The molecule has 2 N–H and O–H groups in total. The van der Waals surface area contributed by atoms with Crippen LogP contribution in [-0.2, 0) is 14.8 Å². The second-order valence-corrected chi connectivity index (χ2v) is 9.36. The van der Waals surface area contributed by atoms with Crippen molar-refractivity contribution < 1.29 is 13.2 Å². The maximum absolute atomic E-state index is 12.4. The number of rotatable bonds is 6. The molecule has 0 unspecified atom stereocenters. The topological polar surface area (TPSA) is 116 Å². The molecule has 0 bridgehead atoms. The molecule has 1 atom stereocenters. The number of fused-ring (bicyclic) bond motifs is 1. The van der Waals surface area contributed by atoms with Gasteiger partial charge in [0.05, 0.1) is 24.6 Å². The van der Waals surface area contributed by atoms with Crippen molar-refractivity contribution in [3.63, 3.8) is 0 Å². The Kier molecular flexibility index (Phi) is 5.82. The Labute approximate surface area is 181 Å². The van der Waals surface area contributed by atoms with Gasteiger partial charge in [-0.05, 0) is 24.6 Å². The first-order valence-corrected chi connectivity index (χ1v) is 11.3. The monoisotopic (exact) mass is 445 g/mol. The highest BCUT2D eigenvalue weighted by atomic mass is 32.2. The Morgan fingerprint density at radius 3 is 2.77 bits per heavy atom. The number of sulfonamides is 1. The number of likely N-dealkylation sites (N-methyl/N-ethyl adjacent to an activating group) is 1. The van der Waals surface area contributed by atoms with Gasteiger partial charge in [-0.2, -0.15) is 0 Å². The van der Waals surface area contributed by atoms with E-state index < -0.39 is 10.0 Å². The first-order valence-electron chi connectivity index (χ1n) is 9.83. The molecule has 3 aromatic heterocycles. The standard InChI is InChI=1S/C19H23N7O3S.CH4/c1-25(17-3-2-15(8-21-17)30(27,28)24-13-10-29-11-13)14-5-7-26(9-14)19-16-4-6-20-18(16)22-12-23-19;/h2-4,6,8,12-14,24H,5,7,9-11H2,1H3,(H,20,22,23);1H4/t14-;/m1./s1. The number of nitrogens with one attached hydrogen (secondary N) is 2. The average molecular weight is 446 g/mol. The first kappa shape index (κ1) is 21.5. The van der Waals surface area contributed by atoms with Crippen molar-refractivity contribution in [2.45, 2.75) is 30.8 Å². The van der Waals surface area contributed by atoms with Crippen LogP contribution in [0.25, 0.3) is 11.0 Å². The number of aromatic nitrogens is 4. The fraction of sp³-hybridized carbons (Fsp3) is 0.450. The normalized spacial score (nSPS) is 19.3. The number of H-pyrrole nitrogens is 1. The number of nitrogens with zero attached hydrogens (tertiary/aromatic N) is 5. The van der Waals surface area contributed by atoms with E-state index in [1.54, 1.807) is 18.5 Å². The fourth-order valence-corrected chi connectivity index (χ4v) is 5.03. The van der Waals surface area contributed by atoms with Gasteiger partial charge < -0.3 is 19.5 Å². The maximum Gasteiger partial charge on any atom is 0.242 e. The summed E-state index contributed by atoms with van der Waals surface area (Å²) < 4.78 is 32.5. The number of aromatic amines is 1. The second kappa shape index (κ2) is 8.40. The van der Waals surface area contributed by atoms with Gasteiger partial charge in [0.1, 0.15) is 28.5 Å². The molecular weight excluding hydrogens is 418 g/mol. The lowest BCUT2D eigenvalue weighted by atomic mass is 10.2. The average Bonchev–Trinajstić information content (AvgIpc) is 3.40. The quantitative estimate of drug-likeness (QED) is 0.585. The van der Waals surface area contributed by atoms with E-state index in [2.05, 4.69) is 34.5 Å². The minimum Gasteiger partial charge on any atom is -0.378 e. The Balaban J connectivity index is 0.00000231. The van der Waals surface area contributed by atoms with E-state index in [1.165, 1.54) is 6.20 Å². The van der Waals surface area contributed by atoms with Crippen molar-refractivity contribution in [3.05, 3.63) is 36.9 Å². The third-order valence-electron chi connectivity index (χ3n) is 5.70. The summed E-state index contributed by atoms with van der Waals surface area (Å²) >= 11 is 0. The van der Waals surface area contributed by atoms with Crippen LogP contribution in [-0.4, -0.2) is 73.8 Å². The third-order valence-corrected chi connectivity index (χ3v) is 7.20. The predicted molar refractivity (Wildman–Crippen MR) is 119 cm³/mol. The summed E-state index contributed by atoms with van der Waals surface area (Å²) in [5, 5.41) is 1.01. The molecule has 3 aromatic rings. The lowest BCUT2D eigenvalue weighted by Gasteiger charge is -2.27.